The van der Waals surface area contributed by atoms with Gasteiger partial charge in [-0.1, -0.05) is 34.1 Å². The molecule has 1 nitrogen and oxygen atoms in total. The lowest BCUT2D eigenvalue weighted by atomic mass is 10.1. The first-order valence-electron chi connectivity index (χ1n) is 4.98. The first-order chi connectivity index (χ1) is 6.97. The van der Waals surface area contributed by atoms with E-state index in [9.17, 15) is 4.39 Å². The van der Waals surface area contributed by atoms with Gasteiger partial charge in [-0.2, -0.15) is 0 Å². The fraction of sp³-hybridized carbons (Fsp3) is 0.500. The second kappa shape index (κ2) is 5.08. The van der Waals surface area contributed by atoms with Crippen LogP contribution in [0, 0.1) is 5.82 Å². The topological polar surface area (TPSA) is 3.24 Å². The molecule has 84 valence electrons. The summed E-state index contributed by atoms with van der Waals surface area (Å²) in [5.74, 6) is -0.130. The highest BCUT2D eigenvalue weighted by Crippen LogP contribution is 2.19. The molecule has 0 unspecified atom stereocenters. The number of rotatable bonds is 4. The summed E-state index contributed by atoms with van der Waals surface area (Å²) in [6, 6.07) is 6.92. The first kappa shape index (κ1) is 12.7. The molecule has 0 aromatic heterocycles. The number of benzene rings is 1. The molecule has 0 radical (unpaired) electrons. The van der Waals surface area contributed by atoms with Gasteiger partial charge in [0.2, 0.25) is 0 Å². The molecule has 15 heavy (non-hydrogen) atoms. The molecule has 0 aliphatic heterocycles. The summed E-state index contributed by atoms with van der Waals surface area (Å²) in [6.07, 6.45) is 0. The maximum atomic E-state index is 13.4. The zero-order chi connectivity index (χ0) is 11.5. The molecule has 0 bridgehead atoms. The molecule has 0 aliphatic rings. The van der Waals surface area contributed by atoms with Crippen LogP contribution in [-0.4, -0.2) is 22.8 Å². The van der Waals surface area contributed by atoms with Crippen molar-refractivity contribution in [1.82, 2.24) is 4.90 Å². The summed E-state index contributed by atoms with van der Waals surface area (Å²) in [5, 5.41) is 0.866. The van der Waals surface area contributed by atoms with Crippen molar-refractivity contribution in [2.75, 3.05) is 12.4 Å². The Kier molecular flexibility index (Phi) is 4.29. The van der Waals surface area contributed by atoms with Crippen molar-refractivity contribution in [1.29, 1.82) is 0 Å². The van der Waals surface area contributed by atoms with Gasteiger partial charge in [-0.05, 0) is 27.0 Å². The van der Waals surface area contributed by atoms with Gasteiger partial charge in [-0.25, -0.2) is 4.39 Å². The Morgan fingerprint density at radius 2 is 1.93 bits per heavy atom. The van der Waals surface area contributed by atoms with Crippen LogP contribution in [-0.2, 0) is 6.54 Å². The van der Waals surface area contributed by atoms with Crippen LogP contribution in [0.15, 0.2) is 24.3 Å². The van der Waals surface area contributed by atoms with Crippen LogP contribution in [0.5, 0.6) is 0 Å². The highest BCUT2D eigenvalue weighted by molar-refractivity contribution is 9.09. The smallest absolute Gasteiger partial charge is 0.127 e. The first-order valence-corrected chi connectivity index (χ1v) is 6.10. The minimum absolute atomic E-state index is 0.0300. The van der Waals surface area contributed by atoms with Crippen LogP contribution in [0.3, 0.4) is 0 Å². The Bertz CT molecular complexity index is 325. The van der Waals surface area contributed by atoms with Gasteiger partial charge in [0.1, 0.15) is 5.82 Å². The third kappa shape index (κ3) is 3.28. The molecule has 0 amide bonds. The number of alkyl halides is 1. The van der Waals surface area contributed by atoms with Gasteiger partial charge in [0.05, 0.1) is 0 Å². The zero-order valence-corrected chi connectivity index (χ0v) is 11.0. The third-order valence-electron chi connectivity index (χ3n) is 2.73. The SMILES string of the molecule is CN(Cc1ccccc1F)C(C)(C)CBr. The summed E-state index contributed by atoms with van der Waals surface area (Å²) in [4.78, 5) is 2.14. The van der Waals surface area contributed by atoms with Crippen molar-refractivity contribution in [3.8, 4) is 0 Å². The van der Waals surface area contributed by atoms with Crippen LogP contribution >= 0.6 is 15.9 Å². The molecule has 0 aliphatic carbocycles. The highest BCUT2D eigenvalue weighted by Gasteiger charge is 2.22. The van der Waals surface area contributed by atoms with Crippen LogP contribution in [0.4, 0.5) is 4.39 Å². The maximum Gasteiger partial charge on any atom is 0.127 e. The van der Waals surface area contributed by atoms with Crippen LogP contribution in [0.2, 0.25) is 0 Å². The maximum absolute atomic E-state index is 13.4. The molecular formula is C12H17BrFN. The minimum atomic E-state index is -0.130. The Morgan fingerprint density at radius 1 is 1.33 bits per heavy atom. The standard InChI is InChI=1S/C12H17BrFN/c1-12(2,9-13)15(3)8-10-6-4-5-7-11(10)14/h4-7H,8-9H2,1-3H3. The van der Waals surface area contributed by atoms with E-state index in [0.29, 0.717) is 6.54 Å². The van der Waals surface area contributed by atoms with E-state index in [1.165, 1.54) is 6.07 Å². The van der Waals surface area contributed by atoms with E-state index < -0.39 is 0 Å². The molecular weight excluding hydrogens is 257 g/mol. The van der Waals surface area contributed by atoms with Gasteiger partial charge < -0.3 is 0 Å². The van der Waals surface area contributed by atoms with Gasteiger partial charge in [-0.15, -0.1) is 0 Å². The van der Waals surface area contributed by atoms with Crippen LogP contribution in [0.1, 0.15) is 19.4 Å². The van der Waals surface area contributed by atoms with E-state index in [1.807, 2.05) is 19.2 Å². The molecule has 0 fully saturated rings. The fourth-order valence-electron chi connectivity index (χ4n) is 1.20. The largest absolute Gasteiger partial charge is 0.296 e. The molecule has 1 aromatic carbocycles. The molecule has 0 saturated heterocycles. The summed E-state index contributed by atoms with van der Waals surface area (Å²) in [5.41, 5.74) is 0.775. The molecule has 1 rings (SSSR count). The van der Waals surface area contributed by atoms with Crippen molar-refractivity contribution in [3.63, 3.8) is 0 Å². The molecule has 1 aromatic rings. The predicted octanol–water partition coefficient (Wildman–Crippen LogP) is 3.43. The Morgan fingerprint density at radius 3 is 2.47 bits per heavy atom. The summed E-state index contributed by atoms with van der Waals surface area (Å²) in [7, 11) is 2.01. The Hall–Kier alpha value is -0.410. The van der Waals surface area contributed by atoms with E-state index in [4.69, 9.17) is 0 Å². The van der Waals surface area contributed by atoms with Crippen molar-refractivity contribution in [2.45, 2.75) is 25.9 Å². The Labute approximate surface area is 99.4 Å². The molecule has 0 spiro atoms. The quantitative estimate of drug-likeness (QED) is 0.760. The molecule has 0 atom stereocenters. The lowest BCUT2D eigenvalue weighted by Crippen LogP contribution is -2.42. The second-order valence-corrected chi connectivity index (χ2v) is 4.95. The summed E-state index contributed by atoms with van der Waals surface area (Å²) < 4.78 is 13.4. The number of hydrogen-bond acceptors (Lipinski definition) is 1. The Balaban J connectivity index is 2.75. The summed E-state index contributed by atoms with van der Waals surface area (Å²) >= 11 is 3.47. The van der Waals surface area contributed by atoms with Gasteiger partial charge in [-0.3, -0.25) is 4.90 Å². The predicted molar refractivity (Wildman–Crippen MR) is 65.7 cm³/mol. The normalized spacial score (nSPS) is 12.1. The average molecular weight is 274 g/mol. The lowest BCUT2D eigenvalue weighted by molar-refractivity contribution is 0.171. The van der Waals surface area contributed by atoms with Gasteiger partial charge >= 0.3 is 0 Å². The van der Waals surface area contributed by atoms with Crippen molar-refractivity contribution >= 4 is 15.9 Å². The van der Waals surface area contributed by atoms with Crippen LogP contribution < -0.4 is 0 Å². The minimum Gasteiger partial charge on any atom is -0.296 e. The highest BCUT2D eigenvalue weighted by atomic mass is 79.9. The van der Waals surface area contributed by atoms with Gasteiger partial charge in [0.25, 0.3) is 0 Å². The van der Waals surface area contributed by atoms with Crippen molar-refractivity contribution in [2.24, 2.45) is 0 Å². The number of halogens is 2. The second-order valence-electron chi connectivity index (χ2n) is 4.39. The molecule has 0 N–H and O–H groups in total. The lowest BCUT2D eigenvalue weighted by Gasteiger charge is -2.34. The average Bonchev–Trinajstić information content (AvgIpc) is 2.21. The van der Waals surface area contributed by atoms with Crippen LogP contribution in [0.25, 0.3) is 0 Å². The molecule has 3 heteroatoms. The number of hydrogen-bond donors (Lipinski definition) is 0. The molecule has 0 heterocycles. The van der Waals surface area contributed by atoms with Gasteiger partial charge in [0, 0.05) is 23.0 Å². The zero-order valence-electron chi connectivity index (χ0n) is 9.43. The van der Waals surface area contributed by atoms with Crippen molar-refractivity contribution < 1.29 is 4.39 Å². The monoisotopic (exact) mass is 273 g/mol. The number of nitrogens with zero attached hydrogens (tertiary/aromatic N) is 1. The van der Waals surface area contributed by atoms with Crippen molar-refractivity contribution in [3.05, 3.63) is 35.6 Å². The van der Waals surface area contributed by atoms with E-state index >= 15 is 0 Å². The van der Waals surface area contributed by atoms with E-state index in [1.54, 1.807) is 6.07 Å². The van der Waals surface area contributed by atoms with E-state index in [2.05, 4.69) is 34.7 Å². The van der Waals surface area contributed by atoms with Gasteiger partial charge in [0.15, 0.2) is 0 Å². The van der Waals surface area contributed by atoms with E-state index in [0.717, 1.165) is 10.9 Å². The third-order valence-corrected chi connectivity index (χ3v) is 4.10. The molecule has 0 saturated carbocycles. The van der Waals surface area contributed by atoms with E-state index in [-0.39, 0.29) is 11.4 Å². The summed E-state index contributed by atoms with van der Waals surface area (Å²) in [6.45, 7) is 4.89. The fourth-order valence-corrected chi connectivity index (χ4v) is 1.63.